The summed E-state index contributed by atoms with van der Waals surface area (Å²) in [5.41, 5.74) is 7.31. The fraction of sp³-hybridized carbons (Fsp3) is 0.636. The van der Waals surface area contributed by atoms with Gasteiger partial charge in [-0.15, -0.1) is 6.42 Å². The number of hydrogen-bond acceptors (Lipinski definition) is 0. The highest BCUT2D eigenvalue weighted by Gasteiger charge is 2.44. The van der Waals surface area contributed by atoms with Crippen molar-refractivity contribution in [3.63, 3.8) is 0 Å². The second-order valence-corrected chi connectivity index (χ2v) is 11.8. The summed E-state index contributed by atoms with van der Waals surface area (Å²) in [6.07, 6.45) is 15.1. The minimum atomic E-state index is -0.246. The lowest BCUT2D eigenvalue weighted by molar-refractivity contribution is 0.696. The molecule has 1 saturated heterocycles. The maximum atomic E-state index is 5.07. The van der Waals surface area contributed by atoms with Crippen molar-refractivity contribution in [3.05, 3.63) is 0 Å². The monoisotopic (exact) mass is 354 g/mol. The van der Waals surface area contributed by atoms with Gasteiger partial charge in [0.15, 0.2) is 0 Å². The smallest absolute Gasteiger partial charge is 0.0000230 e. The molecule has 24 heavy (non-hydrogen) atoms. The van der Waals surface area contributed by atoms with Gasteiger partial charge >= 0.3 is 0 Å². The maximum absolute atomic E-state index is 5.07. The summed E-state index contributed by atoms with van der Waals surface area (Å²) in [5.74, 6) is 16.0. The molecule has 1 saturated carbocycles. The Morgan fingerprint density at radius 1 is 0.917 bits per heavy atom. The molecule has 0 amide bonds. The first-order chi connectivity index (χ1) is 11.7. The van der Waals surface area contributed by atoms with Gasteiger partial charge in [-0.3, -0.25) is 0 Å². The van der Waals surface area contributed by atoms with Gasteiger partial charge in [-0.05, 0) is 111 Å². The Bertz CT molecular complexity index is 625. The number of hydrogen-bond donors (Lipinski definition) is 0. The van der Waals surface area contributed by atoms with Crippen LogP contribution in [-0.4, -0.2) is 29.3 Å². The molecule has 3 unspecified atom stereocenters. The van der Waals surface area contributed by atoms with Crippen LogP contribution in [0.2, 0.25) is 0 Å². The van der Waals surface area contributed by atoms with Gasteiger partial charge in [0, 0.05) is 0 Å². The number of rotatable bonds is 4. The van der Waals surface area contributed by atoms with E-state index in [0.717, 1.165) is 22.6 Å². The fourth-order valence-corrected chi connectivity index (χ4v) is 11.5. The Morgan fingerprint density at radius 2 is 1.54 bits per heavy atom. The molecule has 2 rings (SSSR count). The van der Waals surface area contributed by atoms with E-state index in [4.69, 9.17) is 6.42 Å². The highest BCUT2D eigenvalue weighted by molar-refractivity contribution is 7.66. The number of terminal acetylenes is 1. The van der Waals surface area contributed by atoms with Crippen LogP contribution < -0.4 is 0 Å². The zero-order valence-electron chi connectivity index (χ0n) is 15.2. The van der Waals surface area contributed by atoms with Gasteiger partial charge in [0.25, 0.3) is 0 Å². The van der Waals surface area contributed by atoms with Crippen LogP contribution in [0.1, 0.15) is 58.8 Å². The second-order valence-electron chi connectivity index (χ2n) is 6.71. The van der Waals surface area contributed by atoms with Crippen LogP contribution in [0, 0.1) is 47.6 Å². The lowest BCUT2D eigenvalue weighted by Gasteiger charge is -2.35. The Labute approximate surface area is 151 Å². The maximum Gasteiger partial charge on any atom is -0.0000230 e. The summed E-state index contributed by atoms with van der Waals surface area (Å²) in [7, 11) is -0.0495. The van der Waals surface area contributed by atoms with Crippen molar-refractivity contribution in [2.24, 2.45) is 0 Å². The van der Waals surface area contributed by atoms with E-state index in [1.807, 2.05) is 0 Å². The van der Waals surface area contributed by atoms with Gasteiger partial charge in [-0.2, -0.15) is 0 Å². The average Bonchev–Trinajstić information content (AvgIpc) is 3.22. The summed E-state index contributed by atoms with van der Waals surface area (Å²) < 4.78 is 0. The molecule has 2 aliphatic rings. The molecule has 1 heterocycles. The quantitative estimate of drug-likeness (QED) is 0.465. The zero-order valence-corrected chi connectivity index (χ0v) is 17.0. The van der Waals surface area contributed by atoms with Crippen LogP contribution >= 0.6 is 15.8 Å². The van der Waals surface area contributed by atoms with E-state index in [9.17, 15) is 0 Å². The lowest BCUT2D eigenvalue weighted by atomic mass is 10.1. The van der Waals surface area contributed by atoms with Gasteiger partial charge in [0.2, 0.25) is 0 Å². The zero-order chi connectivity index (χ0) is 17.4. The van der Waals surface area contributed by atoms with Crippen molar-refractivity contribution in [1.82, 2.24) is 0 Å². The predicted octanol–water partition coefficient (Wildman–Crippen LogP) is 5.45. The highest BCUT2D eigenvalue weighted by Crippen LogP contribution is 2.67. The van der Waals surface area contributed by atoms with Gasteiger partial charge < -0.3 is 0 Å². The molecule has 1 aliphatic carbocycles. The molecule has 1 aliphatic heterocycles. The van der Waals surface area contributed by atoms with Crippen molar-refractivity contribution in [2.45, 2.75) is 81.4 Å². The Kier molecular flexibility index (Phi) is 8.23. The molecule has 2 heteroatoms. The Morgan fingerprint density at radius 3 is 2.17 bits per heavy atom. The molecule has 2 fully saturated rings. The molecule has 0 aromatic heterocycles. The first kappa shape index (κ1) is 19.4. The third-order valence-electron chi connectivity index (χ3n) is 5.50. The summed E-state index contributed by atoms with van der Waals surface area (Å²) in [4.78, 5) is 0. The SMILES string of the molecule is C#CC#CC#CC#CP(C)C1CCCC1P1[C@H](CC)CC[C@H]1CC. The minimum absolute atomic E-state index is 0.196. The molecular weight excluding hydrogens is 326 g/mol. The normalized spacial score (nSPS) is 30.1. The van der Waals surface area contributed by atoms with E-state index in [1.54, 1.807) is 0 Å². The summed E-state index contributed by atoms with van der Waals surface area (Å²) in [5, 5.41) is 0. The second kappa shape index (κ2) is 10.2. The van der Waals surface area contributed by atoms with Crippen LogP contribution in [-0.2, 0) is 0 Å². The topological polar surface area (TPSA) is 0 Å². The lowest BCUT2D eigenvalue weighted by Crippen LogP contribution is -2.22. The predicted molar refractivity (Wildman–Crippen MR) is 111 cm³/mol. The molecule has 0 bridgehead atoms. The molecule has 0 aromatic carbocycles. The van der Waals surface area contributed by atoms with Crippen LogP contribution in [0.25, 0.3) is 0 Å². The third kappa shape index (κ3) is 4.81. The standard InChI is InChI=1S/C22H28P2/c1-5-8-9-10-11-12-18-23(4)21-14-13-15-22(21)24-19(6-2)16-17-20(24)7-3/h1,19-22H,6-7,13-17H2,2-4H3/t19-,20-,21?,22?,23?/m1/s1. The van der Waals surface area contributed by atoms with Gasteiger partial charge in [-0.1, -0.05) is 33.9 Å². The summed E-state index contributed by atoms with van der Waals surface area (Å²) in [6.45, 7) is 7.18. The van der Waals surface area contributed by atoms with Gasteiger partial charge in [-0.25, -0.2) is 0 Å². The van der Waals surface area contributed by atoms with Crippen LogP contribution in [0.15, 0.2) is 0 Å². The Hall–Kier alpha value is -0.900. The molecule has 0 aromatic rings. The minimum Gasteiger partial charge on any atom is -0.106 e. The summed E-state index contributed by atoms with van der Waals surface area (Å²) in [6, 6.07) is 0. The van der Waals surface area contributed by atoms with E-state index in [0.29, 0.717) is 0 Å². The van der Waals surface area contributed by atoms with Gasteiger partial charge in [0.05, 0.1) is 0 Å². The van der Waals surface area contributed by atoms with Crippen molar-refractivity contribution >= 4 is 15.8 Å². The van der Waals surface area contributed by atoms with Crippen LogP contribution in [0.3, 0.4) is 0 Å². The molecule has 0 nitrogen and oxygen atoms in total. The van der Waals surface area contributed by atoms with E-state index in [2.05, 4.69) is 61.7 Å². The third-order valence-corrected chi connectivity index (χ3v) is 12.1. The molecular formula is C22H28P2. The van der Waals surface area contributed by atoms with Crippen LogP contribution in [0.4, 0.5) is 0 Å². The first-order valence-corrected chi connectivity index (χ1v) is 12.6. The van der Waals surface area contributed by atoms with E-state index >= 15 is 0 Å². The Balaban J connectivity index is 2.07. The molecule has 0 N–H and O–H groups in total. The van der Waals surface area contributed by atoms with Crippen molar-refractivity contribution < 1.29 is 0 Å². The molecule has 5 atom stereocenters. The highest BCUT2D eigenvalue weighted by atomic mass is 31.1. The molecule has 0 spiro atoms. The molecule has 126 valence electrons. The van der Waals surface area contributed by atoms with Crippen molar-refractivity contribution in [1.29, 1.82) is 0 Å². The van der Waals surface area contributed by atoms with E-state index < -0.39 is 0 Å². The van der Waals surface area contributed by atoms with Crippen molar-refractivity contribution in [2.75, 3.05) is 6.66 Å². The fourth-order valence-electron chi connectivity index (χ4n) is 4.40. The van der Waals surface area contributed by atoms with E-state index in [-0.39, 0.29) is 15.8 Å². The first-order valence-electron chi connectivity index (χ1n) is 9.19. The average molecular weight is 354 g/mol. The van der Waals surface area contributed by atoms with Crippen LogP contribution in [0.5, 0.6) is 0 Å². The van der Waals surface area contributed by atoms with E-state index in [1.165, 1.54) is 44.9 Å². The van der Waals surface area contributed by atoms with Gasteiger partial charge in [0.1, 0.15) is 0 Å². The molecule has 0 radical (unpaired) electrons. The van der Waals surface area contributed by atoms with Crippen molar-refractivity contribution in [3.8, 4) is 47.6 Å². The summed E-state index contributed by atoms with van der Waals surface area (Å²) >= 11 is 0. The largest absolute Gasteiger partial charge is 0.106 e.